The molecule has 1 aromatic carbocycles. The summed E-state index contributed by atoms with van der Waals surface area (Å²) in [5.74, 6) is -0.293. The minimum absolute atomic E-state index is 0.293. The van der Waals surface area contributed by atoms with Crippen molar-refractivity contribution in [2.24, 2.45) is 0 Å². The first-order valence-corrected chi connectivity index (χ1v) is 6.45. The Balaban J connectivity index is 2.21. The number of benzene rings is 1. The number of nitrogens with one attached hydrogen (secondary N) is 1. The van der Waals surface area contributed by atoms with Crippen LogP contribution in [0.15, 0.2) is 27.3 Å². The molecule has 1 heterocycles. The molecule has 0 unspecified atom stereocenters. The number of hydrogen-bond donors (Lipinski definition) is 1. The van der Waals surface area contributed by atoms with Crippen molar-refractivity contribution in [3.05, 3.63) is 34.2 Å². The third kappa shape index (κ3) is 2.87. The first-order valence-electron chi connectivity index (χ1n) is 5.66. The van der Waals surface area contributed by atoms with Gasteiger partial charge in [-0.25, -0.2) is 4.39 Å². The van der Waals surface area contributed by atoms with E-state index in [1.54, 1.807) is 12.3 Å². The van der Waals surface area contributed by atoms with Gasteiger partial charge in [-0.3, -0.25) is 0 Å². The van der Waals surface area contributed by atoms with Gasteiger partial charge in [-0.1, -0.05) is 13.8 Å². The smallest absolute Gasteiger partial charge is 0.141 e. The zero-order chi connectivity index (χ0) is 12.4. The molecule has 0 atom stereocenters. The summed E-state index contributed by atoms with van der Waals surface area (Å²) in [6, 6.07) is 3.66. The van der Waals surface area contributed by atoms with Crippen molar-refractivity contribution >= 4 is 26.9 Å². The third-order valence-electron chi connectivity index (χ3n) is 2.64. The van der Waals surface area contributed by atoms with Crippen LogP contribution >= 0.6 is 15.9 Å². The Labute approximate surface area is 108 Å². The molecule has 2 rings (SSSR count). The van der Waals surface area contributed by atoms with Crippen LogP contribution in [0.5, 0.6) is 0 Å². The lowest BCUT2D eigenvalue weighted by molar-refractivity contribution is 0.578. The first-order chi connectivity index (χ1) is 8.08. The highest BCUT2D eigenvalue weighted by Gasteiger charge is 2.09. The third-order valence-corrected chi connectivity index (χ3v) is 3.25. The highest BCUT2D eigenvalue weighted by atomic mass is 79.9. The second-order valence-corrected chi connectivity index (χ2v) is 5.24. The van der Waals surface area contributed by atoms with Gasteiger partial charge in [-0.05, 0) is 40.5 Å². The van der Waals surface area contributed by atoms with Gasteiger partial charge in [0, 0.05) is 17.5 Å². The van der Waals surface area contributed by atoms with Crippen LogP contribution in [0, 0.1) is 5.82 Å². The molecule has 0 spiro atoms. The van der Waals surface area contributed by atoms with Crippen LogP contribution in [-0.2, 0) is 6.42 Å². The summed E-state index contributed by atoms with van der Waals surface area (Å²) in [5, 5.41) is 4.32. The standard InChI is InChI=1S/C13H15BrFNO/c1-8(2)16-4-3-9-7-17-13-6-12(15)11(14)5-10(9)13/h5-8,16H,3-4H2,1-2H3. The van der Waals surface area contributed by atoms with Gasteiger partial charge >= 0.3 is 0 Å². The topological polar surface area (TPSA) is 25.2 Å². The normalized spacial score (nSPS) is 11.6. The minimum Gasteiger partial charge on any atom is -0.464 e. The van der Waals surface area contributed by atoms with Crippen LogP contribution in [0.1, 0.15) is 19.4 Å². The Kier molecular flexibility index (Phi) is 3.84. The Bertz CT molecular complexity index is 521. The van der Waals surface area contributed by atoms with E-state index < -0.39 is 0 Å². The van der Waals surface area contributed by atoms with Gasteiger partial charge in [-0.15, -0.1) is 0 Å². The highest BCUT2D eigenvalue weighted by Crippen LogP contribution is 2.27. The summed E-state index contributed by atoms with van der Waals surface area (Å²) in [6.45, 7) is 5.11. The van der Waals surface area contributed by atoms with Crippen LogP contribution < -0.4 is 5.32 Å². The van der Waals surface area contributed by atoms with E-state index in [9.17, 15) is 4.39 Å². The Morgan fingerprint density at radius 3 is 2.88 bits per heavy atom. The lowest BCUT2D eigenvalue weighted by atomic mass is 10.1. The van der Waals surface area contributed by atoms with Crippen molar-refractivity contribution in [1.82, 2.24) is 5.32 Å². The molecule has 4 heteroatoms. The lowest BCUT2D eigenvalue weighted by Gasteiger charge is -2.06. The van der Waals surface area contributed by atoms with Crippen LogP contribution in [0.2, 0.25) is 0 Å². The molecular weight excluding hydrogens is 285 g/mol. The molecule has 2 nitrogen and oxygen atoms in total. The second kappa shape index (κ2) is 5.19. The maximum atomic E-state index is 13.3. The van der Waals surface area contributed by atoms with Crippen LogP contribution in [0.3, 0.4) is 0 Å². The highest BCUT2D eigenvalue weighted by molar-refractivity contribution is 9.10. The molecule has 0 aliphatic heterocycles. The van der Waals surface area contributed by atoms with E-state index in [-0.39, 0.29) is 5.82 Å². The quantitative estimate of drug-likeness (QED) is 0.927. The Morgan fingerprint density at radius 1 is 1.41 bits per heavy atom. The van der Waals surface area contributed by atoms with Gasteiger partial charge in [0.05, 0.1) is 10.7 Å². The van der Waals surface area contributed by atoms with E-state index in [1.807, 2.05) is 0 Å². The van der Waals surface area contributed by atoms with Crippen LogP contribution in [0.4, 0.5) is 4.39 Å². The van der Waals surface area contributed by atoms with Gasteiger partial charge in [-0.2, -0.15) is 0 Å². The fraction of sp³-hybridized carbons (Fsp3) is 0.385. The first kappa shape index (κ1) is 12.6. The molecule has 17 heavy (non-hydrogen) atoms. The van der Waals surface area contributed by atoms with Crippen molar-refractivity contribution in [1.29, 1.82) is 0 Å². The molecule has 92 valence electrons. The van der Waals surface area contributed by atoms with Crippen molar-refractivity contribution in [3.63, 3.8) is 0 Å². The lowest BCUT2D eigenvalue weighted by Crippen LogP contribution is -2.24. The predicted octanol–water partition coefficient (Wildman–Crippen LogP) is 3.87. The SMILES string of the molecule is CC(C)NCCc1coc2cc(F)c(Br)cc12. The van der Waals surface area contributed by atoms with Gasteiger partial charge < -0.3 is 9.73 Å². The van der Waals surface area contributed by atoms with E-state index in [1.165, 1.54) is 6.07 Å². The summed E-state index contributed by atoms with van der Waals surface area (Å²) in [5.41, 5.74) is 1.71. The van der Waals surface area contributed by atoms with E-state index in [2.05, 4.69) is 35.1 Å². The summed E-state index contributed by atoms with van der Waals surface area (Å²) < 4.78 is 19.1. The molecule has 1 N–H and O–H groups in total. The molecular formula is C13H15BrFNO. The Hall–Kier alpha value is -0.870. The second-order valence-electron chi connectivity index (χ2n) is 4.38. The molecule has 0 radical (unpaired) electrons. The average Bonchev–Trinajstić information content (AvgIpc) is 2.62. The monoisotopic (exact) mass is 299 g/mol. The molecule has 0 saturated carbocycles. The number of hydrogen-bond acceptors (Lipinski definition) is 2. The van der Waals surface area contributed by atoms with Gasteiger partial charge in [0.1, 0.15) is 11.4 Å². The Morgan fingerprint density at radius 2 is 2.18 bits per heavy atom. The maximum absolute atomic E-state index is 13.3. The van der Waals surface area contributed by atoms with Gasteiger partial charge in [0.2, 0.25) is 0 Å². The molecule has 0 saturated heterocycles. The number of furan rings is 1. The van der Waals surface area contributed by atoms with Gasteiger partial charge in [0.25, 0.3) is 0 Å². The molecule has 0 aliphatic rings. The van der Waals surface area contributed by atoms with Crippen molar-refractivity contribution in [2.75, 3.05) is 6.54 Å². The number of halogens is 2. The van der Waals surface area contributed by atoms with E-state index in [0.29, 0.717) is 16.1 Å². The average molecular weight is 300 g/mol. The molecule has 0 aliphatic carbocycles. The largest absolute Gasteiger partial charge is 0.464 e. The molecule has 2 aromatic rings. The fourth-order valence-electron chi connectivity index (χ4n) is 1.76. The number of rotatable bonds is 4. The molecule has 0 amide bonds. The van der Waals surface area contributed by atoms with E-state index >= 15 is 0 Å². The summed E-state index contributed by atoms with van der Waals surface area (Å²) >= 11 is 3.19. The van der Waals surface area contributed by atoms with E-state index in [0.717, 1.165) is 23.9 Å². The zero-order valence-corrected chi connectivity index (χ0v) is 11.5. The molecule has 0 fully saturated rings. The fourth-order valence-corrected chi connectivity index (χ4v) is 2.11. The van der Waals surface area contributed by atoms with Gasteiger partial charge in [0.15, 0.2) is 0 Å². The van der Waals surface area contributed by atoms with Crippen molar-refractivity contribution in [3.8, 4) is 0 Å². The van der Waals surface area contributed by atoms with Crippen molar-refractivity contribution < 1.29 is 8.81 Å². The summed E-state index contributed by atoms with van der Waals surface area (Å²) in [4.78, 5) is 0. The van der Waals surface area contributed by atoms with Crippen LogP contribution in [0.25, 0.3) is 11.0 Å². The number of fused-ring (bicyclic) bond motifs is 1. The van der Waals surface area contributed by atoms with Crippen LogP contribution in [-0.4, -0.2) is 12.6 Å². The van der Waals surface area contributed by atoms with Crippen molar-refractivity contribution in [2.45, 2.75) is 26.3 Å². The maximum Gasteiger partial charge on any atom is 0.141 e. The zero-order valence-electron chi connectivity index (χ0n) is 9.89. The summed E-state index contributed by atoms with van der Waals surface area (Å²) in [7, 11) is 0. The predicted molar refractivity (Wildman–Crippen MR) is 70.7 cm³/mol. The van der Waals surface area contributed by atoms with E-state index in [4.69, 9.17) is 4.42 Å². The summed E-state index contributed by atoms with van der Waals surface area (Å²) in [6.07, 6.45) is 2.59. The molecule has 0 bridgehead atoms. The minimum atomic E-state index is -0.293. The molecule has 1 aromatic heterocycles.